The molecule has 3 nitrogen and oxygen atoms in total. The summed E-state index contributed by atoms with van der Waals surface area (Å²) >= 11 is 0. The summed E-state index contributed by atoms with van der Waals surface area (Å²) in [7, 11) is 0. The molecular weight excluding hydrogens is 343 g/mol. The highest BCUT2D eigenvalue weighted by molar-refractivity contribution is 6.06. The van der Waals surface area contributed by atoms with Gasteiger partial charge in [0.05, 0.1) is 0 Å². The van der Waals surface area contributed by atoms with E-state index in [1.54, 1.807) is 18.2 Å². The molecular formula is C23H27FO3. The lowest BCUT2D eigenvalue weighted by Gasteiger charge is -2.13. The van der Waals surface area contributed by atoms with E-state index in [1.807, 2.05) is 12.1 Å². The van der Waals surface area contributed by atoms with Crippen LogP contribution in [0.15, 0.2) is 54.6 Å². The maximum atomic E-state index is 12.9. The van der Waals surface area contributed by atoms with Gasteiger partial charge in [-0.1, -0.05) is 50.8 Å². The smallest absolute Gasteiger partial charge is 0.197 e. The van der Waals surface area contributed by atoms with E-state index in [0.29, 0.717) is 17.7 Å². The lowest BCUT2D eigenvalue weighted by Crippen LogP contribution is -2.15. The summed E-state index contributed by atoms with van der Waals surface area (Å²) in [5.74, 6) is 0.0427. The van der Waals surface area contributed by atoms with Crippen LogP contribution in [-0.4, -0.2) is 17.2 Å². The van der Waals surface area contributed by atoms with Gasteiger partial charge in [-0.25, -0.2) is 4.39 Å². The van der Waals surface area contributed by atoms with Crippen LogP contribution >= 0.6 is 0 Å². The van der Waals surface area contributed by atoms with Crippen molar-refractivity contribution in [1.82, 2.24) is 0 Å². The Labute approximate surface area is 160 Å². The highest BCUT2D eigenvalue weighted by Gasteiger charge is 2.06. The van der Waals surface area contributed by atoms with Crippen molar-refractivity contribution in [3.63, 3.8) is 0 Å². The normalized spacial score (nSPS) is 12.3. The predicted octanol–water partition coefficient (Wildman–Crippen LogP) is 5.78. The Morgan fingerprint density at radius 1 is 1.04 bits per heavy atom. The Morgan fingerprint density at radius 2 is 1.70 bits per heavy atom. The van der Waals surface area contributed by atoms with Gasteiger partial charge in [-0.05, 0) is 54.5 Å². The van der Waals surface area contributed by atoms with Gasteiger partial charge in [0.25, 0.3) is 0 Å². The molecule has 2 aromatic rings. The third kappa shape index (κ3) is 7.75. The van der Waals surface area contributed by atoms with E-state index in [2.05, 4.69) is 6.92 Å². The molecule has 0 radical (unpaired) electrons. The molecule has 0 saturated heterocycles. The first-order valence-electron chi connectivity index (χ1n) is 9.51. The van der Waals surface area contributed by atoms with Crippen LogP contribution in [0.4, 0.5) is 4.39 Å². The van der Waals surface area contributed by atoms with Gasteiger partial charge in [0, 0.05) is 12.0 Å². The molecule has 0 amide bonds. The molecule has 1 atom stereocenters. The number of ether oxygens (including phenoxy) is 1. The molecule has 0 aromatic heterocycles. The van der Waals surface area contributed by atoms with E-state index in [9.17, 15) is 14.3 Å². The van der Waals surface area contributed by atoms with Crippen LogP contribution in [0.25, 0.3) is 6.08 Å². The molecule has 1 unspecified atom stereocenters. The third-order valence-electron chi connectivity index (χ3n) is 4.26. The van der Waals surface area contributed by atoms with Gasteiger partial charge < -0.3 is 9.84 Å². The molecule has 0 aliphatic rings. The number of hydrogen-bond donors (Lipinski definition) is 1. The number of aliphatic hydroxyl groups excluding tert-OH is 1. The fourth-order valence-corrected chi connectivity index (χ4v) is 2.68. The minimum absolute atomic E-state index is 0.186. The summed E-state index contributed by atoms with van der Waals surface area (Å²) in [5.41, 5.74) is 1.28. The van der Waals surface area contributed by atoms with E-state index in [0.717, 1.165) is 18.4 Å². The Hall–Kier alpha value is -2.46. The molecule has 27 heavy (non-hydrogen) atoms. The lowest BCUT2D eigenvalue weighted by molar-refractivity contribution is -0.0246. The molecule has 0 bridgehead atoms. The van der Waals surface area contributed by atoms with Gasteiger partial charge >= 0.3 is 0 Å². The molecule has 0 fully saturated rings. The lowest BCUT2D eigenvalue weighted by atomic mass is 10.1. The van der Waals surface area contributed by atoms with Crippen LogP contribution in [0, 0.1) is 5.82 Å². The van der Waals surface area contributed by atoms with Gasteiger partial charge in [-0.3, -0.25) is 4.79 Å². The predicted molar refractivity (Wildman–Crippen MR) is 106 cm³/mol. The van der Waals surface area contributed by atoms with Crippen LogP contribution < -0.4 is 4.74 Å². The third-order valence-corrected chi connectivity index (χ3v) is 4.26. The first kappa shape index (κ1) is 20.8. The summed E-state index contributed by atoms with van der Waals surface area (Å²) in [6.45, 7) is 2.18. The SMILES string of the molecule is CCCCCCCC(O)Oc1ccc(C=CC(=O)c2ccc(F)cc2)cc1. The summed E-state index contributed by atoms with van der Waals surface area (Å²) in [6, 6.07) is 12.6. The number of rotatable bonds is 11. The summed E-state index contributed by atoms with van der Waals surface area (Å²) in [6.07, 6.45) is 8.67. The highest BCUT2D eigenvalue weighted by Crippen LogP contribution is 2.17. The fourth-order valence-electron chi connectivity index (χ4n) is 2.68. The second-order valence-corrected chi connectivity index (χ2v) is 6.55. The number of hydrogen-bond acceptors (Lipinski definition) is 3. The van der Waals surface area contributed by atoms with Crippen LogP contribution in [0.5, 0.6) is 5.75 Å². The average Bonchev–Trinajstić information content (AvgIpc) is 2.67. The van der Waals surface area contributed by atoms with Gasteiger partial charge in [-0.15, -0.1) is 0 Å². The van der Waals surface area contributed by atoms with Crippen molar-refractivity contribution in [3.05, 3.63) is 71.6 Å². The Balaban J connectivity index is 1.80. The number of halogens is 1. The van der Waals surface area contributed by atoms with Crippen LogP contribution in [0.1, 0.15) is 61.4 Å². The van der Waals surface area contributed by atoms with Crippen molar-refractivity contribution in [2.45, 2.75) is 51.7 Å². The van der Waals surface area contributed by atoms with Gasteiger partial charge in [0.2, 0.25) is 0 Å². The quantitative estimate of drug-likeness (QED) is 0.236. The first-order chi connectivity index (χ1) is 13.1. The molecule has 0 heterocycles. The second-order valence-electron chi connectivity index (χ2n) is 6.55. The molecule has 1 N–H and O–H groups in total. The molecule has 0 saturated carbocycles. The topological polar surface area (TPSA) is 46.5 Å². The van der Waals surface area contributed by atoms with Crippen molar-refractivity contribution >= 4 is 11.9 Å². The van der Waals surface area contributed by atoms with E-state index in [1.165, 1.54) is 49.6 Å². The number of ketones is 1. The Kier molecular flexibility index (Phi) is 8.72. The van der Waals surface area contributed by atoms with Gasteiger partial charge in [-0.2, -0.15) is 0 Å². The van der Waals surface area contributed by atoms with Crippen molar-refractivity contribution in [3.8, 4) is 5.75 Å². The van der Waals surface area contributed by atoms with Crippen molar-refractivity contribution in [1.29, 1.82) is 0 Å². The second kappa shape index (κ2) is 11.3. The van der Waals surface area contributed by atoms with Crippen molar-refractivity contribution in [2.24, 2.45) is 0 Å². The van der Waals surface area contributed by atoms with Gasteiger partial charge in [0.15, 0.2) is 12.1 Å². The molecule has 0 aliphatic carbocycles. The van der Waals surface area contributed by atoms with Crippen molar-refractivity contribution in [2.75, 3.05) is 0 Å². The Morgan fingerprint density at radius 3 is 2.37 bits per heavy atom. The van der Waals surface area contributed by atoms with E-state index in [-0.39, 0.29) is 11.6 Å². The number of carbonyl (C=O) groups is 1. The standard InChI is InChI=1S/C23H27FO3/c1-2-3-4-5-6-7-23(26)27-21-15-8-18(9-16-21)10-17-22(25)19-11-13-20(24)14-12-19/h8-17,23,26H,2-7H2,1H3. The van der Waals surface area contributed by atoms with Crippen molar-refractivity contribution < 1.29 is 19.0 Å². The van der Waals surface area contributed by atoms with Crippen LogP contribution in [-0.2, 0) is 0 Å². The fraction of sp³-hybridized carbons (Fsp3) is 0.348. The zero-order chi connectivity index (χ0) is 19.5. The summed E-state index contributed by atoms with van der Waals surface area (Å²) in [5, 5.41) is 9.94. The number of benzene rings is 2. The first-order valence-corrected chi connectivity index (χ1v) is 9.51. The molecule has 144 valence electrons. The minimum Gasteiger partial charge on any atom is -0.465 e. The van der Waals surface area contributed by atoms with Crippen LogP contribution in [0.2, 0.25) is 0 Å². The number of allylic oxidation sites excluding steroid dienone is 1. The van der Waals surface area contributed by atoms with Crippen LogP contribution in [0.3, 0.4) is 0 Å². The number of unbranched alkanes of at least 4 members (excludes halogenated alkanes) is 4. The number of carbonyl (C=O) groups excluding carboxylic acids is 1. The zero-order valence-electron chi connectivity index (χ0n) is 15.7. The molecule has 2 aromatic carbocycles. The minimum atomic E-state index is -0.798. The average molecular weight is 370 g/mol. The van der Waals surface area contributed by atoms with E-state index < -0.39 is 6.29 Å². The monoisotopic (exact) mass is 370 g/mol. The summed E-state index contributed by atoms with van der Waals surface area (Å²) < 4.78 is 18.4. The molecule has 2 rings (SSSR count). The summed E-state index contributed by atoms with van der Waals surface area (Å²) in [4.78, 5) is 12.0. The maximum absolute atomic E-state index is 12.9. The molecule has 4 heteroatoms. The maximum Gasteiger partial charge on any atom is 0.197 e. The zero-order valence-corrected chi connectivity index (χ0v) is 15.7. The Bertz CT molecular complexity index is 720. The molecule has 0 aliphatic heterocycles. The van der Waals surface area contributed by atoms with Gasteiger partial charge in [0.1, 0.15) is 11.6 Å². The van der Waals surface area contributed by atoms with E-state index in [4.69, 9.17) is 4.74 Å². The van der Waals surface area contributed by atoms with E-state index >= 15 is 0 Å². The molecule has 0 spiro atoms. The highest BCUT2D eigenvalue weighted by atomic mass is 19.1. The number of aliphatic hydroxyl groups is 1. The largest absolute Gasteiger partial charge is 0.465 e.